The number of nitrogens with one attached hydrogen (secondary N) is 1. The smallest absolute Gasteiger partial charge is 0.354 e. The normalized spacial score (nSPS) is 10.4. The van der Waals surface area contributed by atoms with Gasteiger partial charge >= 0.3 is 5.97 Å². The van der Waals surface area contributed by atoms with Crippen LogP contribution in [0.25, 0.3) is 0 Å². The second kappa shape index (κ2) is 6.00. The molecule has 20 heavy (non-hydrogen) atoms. The van der Waals surface area contributed by atoms with Crippen LogP contribution in [0.2, 0.25) is 0 Å². The molecule has 0 atom stereocenters. The van der Waals surface area contributed by atoms with Crippen molar-refractivity contribution < 1.29 is 14.7 Å². The molecule has 2 aromatic heterocycles. The Morgan fingerprint density at radius 1 is 1.40 bits per heavy atom. The van der Waals surface area contributed by atoms with E-state index in [1.165, 1.54) is 17.9 Å². The van der Waals surface area contributed by atoms with Crippen molar-refractivity contribution in [1.82, 2.24) is 24.9 Å². The van der Waals surface area contributed by atoms with Crippen LogP contribution in [0.5, 0.6) is 0 Å². The van der Waals surface area contributed by atoms with E-state index in [0.717, 1.165) is 0 Å². The van der Waals surface area contributed by atoms with E-state index in [1.807, 2.05) is 12.3 Å². The lowest BCUT2D eigenvalue weighted by molar-refractivity contribution is 0.0679. The van der Waals surface area contributed by atoms with Gasteiger partial charge in [0.1, 0.15) is 0 Å². The zero-order valence-electron chi connectivity index (χ0n) is 11.0. The zero-order chi connectivity index (χ0) is 14.5. The second-order valence-electron chi connectivity index (χ2n) is 4.21. The minimum Gasteiger partial charge on any atom is -0.477 e. The Balaban J connectivity index is 1.87. The molecule has 0 aromatic carbocycles. The molecule has 0 aliphatic rings. The monoisotopic (exact) mass is 277 g/mol. The molecule has 0 radical (unpaired) electrons. The third-order valence-corrected chi connectivity index (χ3v) is 2.79. The van der Waals surface area contributed by atoms with Crippen LogP contribution >= 0.6 is 0 Å². The fourth-order valence-corrected chi connectivity index (χ4v) is 1.83. The minimum atomic E-state index is -1.17. The van der Waals surface area contributed by atoms with Gasteiger partial charge in [-0.2, -0.15) is 10.2 Å². The number of carbonyl (C=O) groups is 2. The van der Waals surface area contributed by atoms with Gasteiger partial charge in [0, 0.05) is 32.5 Å². The Morgan fingerprint density at radius 3 is 2.85 bits per heavy atom. The van der Waals surface area contributed by atoms with E-state index >= 15 is 0 Å². The first kappa shape index (κ1) is 13.8. The minimum absolute atomic E-state index is 0.0686. The van der Waals surface area contributed by atoms with Crippen LogP contribution in [0, 0.1) is 0 Å². The summed E-state index contributed by atoms with van der Waals surface area (Å²) in [6.07, 6.45) is 5.49. The topological polar surface area (TPSA) is 102 Å². The van der Waals surface area contributed by atoms with E-state index < -0.39 is 11.9 Å². The Hall–Kier alpha value is -2.64. The molecule has 0 unspecified atom stereocenters. The summed E-state index contributed by atoms with van der Waals surface area (Å²) in [6, 6.07) is 1.83. The number of aryl methyl sites for hydroxylation is 2. The zero-order valence-corrected chi connectivity index (χ0v) is 11.0. The molecule has 0 spiro atoms. The second-order valence-corrected chi connectivity index (χ2v) is 4.21. The molecule has 2 heterocycles. The molecule has 2 aromatic rings. The van der Waals surface area contributed by atoms with Gasteiger partial charge < -0.3 is 10.4 Å². The van der Waals surface area contributed by atoms with Crippen molar-refractivity contribution in [3.63, 3.8) is 0 Å². The van der Waals surface area contributed by atoms with Crippen LogP contribution in [-0.2, 0) is 13.6 Å². The number of amides is 1. The molecular formula is C12H15N5O3. The SMILES string of the molecule is Cn1ncc(C(=O)NCCCn2cccn2)c1C(=O)O. The number of aromatic nitrogens is 4. The highest BCUT2D eigenvalue weighted by Crippen LogP contribution is 2.07. The molecule has 0 bridgehead atoms. The maximum Gasteiger partial charge on any atom is 0.354 e. The van der Waals surface area contributed by atoms with Crippen molar-refractivity contribution in [1.29, 1.82) is 0 Å². The van der Waals surface area contributed by atoms with Crippen molar-refractivity contribution in [2.45, 2.75) is 13.0 Å². The molecule has 2 N–H and O–H groups in total. The summed E-state index contributed by atoms with van der Waals surface area (Å²) >= 11 is 0. The number of nitrogens with zero attached hydrogens (tertiary/aromatic N) is 4. The van der Waals surface area contributed by atoms with Crippen LogP contribution in [0.4, 0.5) is 0 Å². The molecule has 2 rings (SSSR count). The van der Waals surface area contributed by atoms with Gasteiger partial charge in [-0.05, 0) is 12.5 Å². The van der Waals surface area contributed by atoms with Crippen molar-refractivity contribution >= 4 is 11.9 Å². The fourth-order valence-electron chi connectivity index (χ4n) is 1.83. The summed E-state index contributed by atoms with van der Waals surface area (Å²) < 4.78 is 2.93. The number of hydrogen-bond donors (Lipinski definition) is 2. The molecular weight excluding hydrogens is 262 g/mol. The predicted molar refractivity (Wildman–Crippen MR) is 69.3 cm³/mol. The molecule has 1 amide bonds. The Bertz CT molecular complexity index is 603. The van der Waals surface area contributed by atoms with Crippen molar-refractivity contribution in [3.8, 4) is 0 Å². The number of rotatable bonds is 6. The molecule has 106 valence electrons. The van der Waals surface area contributed by atoms with E-state index in [-0.39, 0.29) is 11.3 Å². The van der Waals surface area contributed by atoms with Gasteiger partial charge in [-0.25, -0.2) is 4.79 Å². The Kier molecular flexibility index (Phi) is 4.14. The third kappa shape index (κ3) is 3.02. The van der Waals surface area contributed by atoms with Crippen LogP contribution in [-0.4, -0.2) is 43.1 Å². The van der Waals surface area contributed by atoms with Gasteiger partial charge in [-0.15, -0.1) is 0 Å². The maximum atomic E-state index is 11.9. The van der Waals surface area contributed by atoms with Gasteiger partial charge in [-0.3, -0.25) is 14.2 Å². The molecule has 0 saturated heterocycles. The lowest BCUT2D eigenvalue weighted by atomic mass is 10.2. The van der Waals surface area contributed by atoms with E-state index in [1.54, 1.807) is 10.9 Å². The van der Waals surface area contributed by atoms with Crippen molar-refractivity contribution in [2.75, 3.05) is 6.54 Å². The van der Waals surface area contributed by atoms with Gasteiger partial charge in [0.15, 0.2) is 5.69 Å². The number of carboxylic acid groups (broad SMARTS) is 1. The summed E-state index contributed by atoms with van der Waals surface area (Å²) in [6.45, 7) is 1.12. The first-order valence-electron chi connectivity index (χ1n) is 6.10. The number of carbonyl (C=O) groups excluding carboxylic acids is 1. The molecule has 8 heteroatoms. The first-order chi connectivity index (χ1) is 9.59. The van der Waals surface area contributed by atoms with Gasteiger partial charge in [0.2, 0.25) is 0 Å². The van der Waals surface area contributed by atoms with E-state index in [0.29, 0.717) is 19.5 Å². The number of carboxylic acids is 1. The van der Waals surface area contributed by atoms with Crippen molar-refractivity contribution in [2.24, 2.45) is 7.05 Å². The Labute approximate surface area is 115 Å². The summed E-state index contributed by atoms with van der Waals surface area (Å²) in [5, 5.41) is 19.5. The van der Waals surface area contributed by atoms with Gasteiger partial charge in [0.25, 0.3) is 5.91 Å². The summed E-state index contributed by atoms with van der Waals surface area (Å²) in [4.78, 5) is 22.9. The summed E-state index contributed by atoms with van der Waals surface area (Å²) in [7, 11) is 1.48. The average Bonchev–Trinajstić information content (AvgIpc) is 3.03. The summed E-state index contributed by atoms with van der Waals surface area (Å²) in [5.41, 5.74) is -0.0475. The van der Waals surface area contributed by atoms with Crippen LogP contribution in [0.1, 0.15) is 27.3 Å². The average molecular weight is 277 g/mol. The highest BCUT2D eigenvalue weighted by atomic mass is 16.4. The molecule has 0 fully saturated rings. The van der Waals surface area contributed by atoms with E-state index in [2.05, 4.69) is 15.5 Å². The van der Waals surface area contributed by atoms with E-state index in [4.69, 9.17) is 5.11 Å². The lowest BCUT2D eigenvalue weighted by Crippen LogP contribution is -2.27. The highest BCUT2D eigenvalue weighted by molar-refractivity contribution is 6.03. The fraction of sp³-hybridized carbons (Fsp3) is 0.333. The van der Waals surface area contributed by atoms with Crippen molar-refractivity contribution in [3.05, 3.63) is 35.9 Å². The summed E-state index contributed by atoms with van der Waals surface area (Å²) in [5.74, 6) is -1.61. The van der Waals surface area contributed by atoms with Crippen LogP contribution in [0.3, 0.4) is 0 Å². The molecule has 8 nitrogen and oxygen atoms in total. The molecule has 0 aliphatic heterocycles. The molecule has 0 saturated carbocycles. The quantitative estimate of drug-likeness (QED) is 0.731. The molecule has 0 aliphatic carbocycles. The lowest BCUT2D eigenvalue weighted by Gasteiger charge is -2.05. The maximum absolute atomic E-state index is 11.9. The van der Waals surface area contributed by atoms with Gasteiger partial charge in [-0.1, -0.05) is 0 Å². The van der Waals surface area contributed by atoms with Gasteiger partial charge in [0.05, 0.1) is 11.8 Å². The van der Waals surface area contributed by atoms with E-state index in [9.17, 15) is 9.59 Å². The highest BCUT2D eigenvalue weighted by Gasteiger charge is 2.20. The Morgan fingerprint density at radius 2 is 2.20 bits per heavy atom. The standard InChI is InChI=1S/C12H15N5O3/c1-16-10(12(19)20)9(8-15-16)11(18)13-4-2-6-17-7-3-5-14-17/h3,5,7-8H,2,4,6H2,1H3,(H,13,18)(H,19,20). The van der Waals surface area contributed by atoms with Crippen LogP contribution < -0.4 is 5.32 Å². The number of hydrogen-bond acceptors (Lipinski definition) is 4. The number of aromatic carboxylic acids is 1. The first-order valence-corrected chi connectivity index (χ1v) is 6.10. The third-order valence-electron chi connectivity index (χ3n) is 2.79. The van der Waals surface area contributed by atoms with Crippen LogP contribution in [0.15, 0.2) is 24.7 Å². The largest absolute Gasteiger partial charge is 0.477 e. The predicted octanol–water partition coefficient (Wildman–Crippen LogP) is 0.135.